The van der Waals surface area contributed by atoms with Crippen molar-refractivity contribution in [2.75, 3.05) is 20.4 Å². The van der Waals surface area contributed by atoms with Crippen LogP contribution in [0.3, 0.4) is 0 Å². The summed E-state index contributed by atoms with van der Waals surface area (Å²) in [6.07, 6.45) is -0.705. The van der Waals surface area contributed by atoms with Gasteiger partial charge in [0.15, 0.2) is 0 Å². The smallest absolute Gasteiger partial charge is 0.325 e. The number of nitrogens with one attached hydrogen (secondary N) is 1. The molecule has 0 bridgehead atoms. The van der Waals surface area contributed by atoms with E-state index in [1.165, 1.54) is 7.11 Å². The second-order valence-electron chi connectivity index (χ2n) is 6.23. The summed E-state index contributed by atoms with van der Waals surface area (Å²) in [6.45, 7) is 2.83. The Morgan fingerprint density at radius 3 is 2.21 bits per heavy atom. The van der Waals surface area contributed by atoms with Crippen LogP contribution in [0.5, 0.6) is 0 Å². The number of nitrogens with zero attached hydrogens (tertiary/aromatic N) is 2. The van der Waals surface area contributed by atoms with E-state index in [9.17, 15) is 14.3 Å². The summed E-state index contributed by atoms with van der Waals surface area (Å²) in [6, 6.07) is 15.3. The van der Waals surface area contributed by atoms with Crippen LogP contribution in [0.2, 0.25) is 0 Å². The fourth-order valence-electron chi connectivity index (χ4n) is 2.40. The molecule has 0 saturated heterocycles. The molecule has 0 heterocycles. The summed E-state index contributed by atoms with van der Waals surface area (Å²) in [7, 11) is -2.21. The third-order valence-electron chi connectivity index (χ3n) is 3.76. The first-order chi connectivity index (χ1) is 13.3. The first kappa shape index (κ1) is 21.9. The van der Waals surface area contributed by atoms with Crippen molar-refractivity contribution < 1.29 is 23.5 Å². The second-order valence-corrected chi connectivity index (χ2v) is 8.05. The van der Waals surface area contributed by atoms with Crippen LogP contribution in [0, 0.1) is 0 Å². The lowest BCUT2D eigenvalue weighted by Gasteiger charge is -2.25. The van der Waals surface area contributed by atoms with E-state index >= 15 is 0 Å². The fourth-order valence-corrected chi connectivity index (χ4v) is 3.16. The van der Waals surface area contributed by atoms with E-state index in [-0.39, 0.29) is 12.5 Å². The maximum absolute atomic E-state index is 12.5. The average molecular weight is 405 g/mol. The Hall–Kier alpha value is -2.38. The van der Waals surface area contributed by atoms with Crippen LogP contribution in [0.4, 0.5) is 11.4 Å². The number of ether oxygens (including phenoxy) is 1. The van der Waals surface area contributed by atoms with E-state index in [0.29, 0.717) is 11.3 Å². The molecular weight excluding hydrogens is 381 g/mol. The van der Waals surface area contributed by atoms with Gasteiger partial charge in [0.1, 0.15) is 0 Å². The van der Waals surface area contributed by atoms with Crippen LogP contribution in [0.15, 0.2) is 64.8 Å². The third-order valence-corrected chi connectivity index (χ3v) is 4.48. The van der Waals surface area contributed by atoms with E-state index in [0.717, 1.165) is 12.4 Å². The number of azo groups is 1. The molecule has 8 nitrogen and oxygen atoms in total. The van der Waals surface area contributed by atoms with Gasteiger partial charge < -0.3 is 19.5 Å². The molecular formula is C19H24N3O5P. The maximum atomic E-state index is 12.5. The van der Waals surface area contributed by atoms with Gasteiger partial charge in [-0.25, -0.2) is 0 Å². The molecule has 0 fully saturated rings. The van der Waals surface area contributed by atoms with Gasteiger partial charge in [-0.05, 0) is 43.3 Å². The predicted octanol–water partition coefficient (Wildman–Crippen LogP) is 4.07. The van der Waals surface area contributed by atoms with Crippen molar-refractivity contribution >= 4 is 24.9 Å². The van der Waals surface area contributed by atoms with Gasteiger partial charge in [0.25, 0.3) is 5.91 Å². The molecule has 0 aliphatic heterocycles. The van der Waals surface area contributed by atoms with Gasteiger partial charge in [0.05, 0.1) is 30.1 Å². The van der Waals surface area contributed by atoms with Gasteiger partial charge in [-0.1, -0.05) is 18.2 Å². The Bertz CT molecular complexity index is 836. The van der Waals surface area contributed by atoms with E-state index in [4.69, 9.17) is 9.26 Å². The minimum atomic E-state index is -3.68. The molecule has 1 amide bonds. The van der Waals surface area contributed by atoms with E-state index in [1.807, 2.05) is 30.3 Å². The first-order valence-corrected chi connectivity index (χ1v) is 10.7. The maximum Gasteiger partial charge on any atom is 0.325 e. The van der Waals surface area contributed by atoms with Gasteiger partial charge in [0.2, 0.25) is 0 Å². The minimum Gasteiger partial charge on any atom is -0.382 e. The highest BCUT2D eigenvalue weighted by Crippen LogP contribution is 2.38. The molecule has 2 N–H and O–H groups in total. The van der Waals surface area contributed by atoms with Crippen LogP contribution in [0.25, 0.3) is 0 Å². The lowest BCUT2D eigenvalue weighted by Crippen LogP contribution is -2.45. The van der Waals surface area contributed by atoms with Gasteiger partial charge in [-0.15, -0.1) is 0 Å². The Labute approximate surface area is 164 Å². The van der Waals surface area contributed by atoms with Crippen molar-refractivity contribution in [1.82, 2.24) is 5.32 Å². The third kappa shape index (κ3) is 7.32. The Morgan fingerprint density at radius 2 is 1.68 bits per heavy atom. The highest BCUT2D eigenvalue weighted by atomic mass is 31.2. The summed E-state index contributed by atoms with van der Waals surface area (Å²) in [5, 5.41) is 11.0. The quantitative estimate of drug-likeness (QED) is 0.483. The molecule has 0 spiro atoms. The van der Waals surface area contributed by atoms with Crippen molar-refractivity contribution in [3.63, 3.8) is 0 Å². The average Bonchev–Trinajstić information content (AvgIpc) is 2.66. The molecule has 0 aliphatic carbocycles. The molecule has 0 aliphatic rings. The molecule has 150 valence electrons. The molecule has 3 atom stereocenters. The van der Waals surface area contributed by atoms with Crippen LogP contribution in [-0.2, 0) is 13.8 Å². The normalized spacial score (nSPS) is 15.7. The van der Waals surface area contributed by atoms with Crippen molar-refractivity contribution in [1.29, 1.82) is 0 Å². The SMILES string of the molecule is COCC(NC(=O)c1ccc(N=Nc2ccccc2)cc1)C(C)OP(C)(=O)O. The van der Waals surface area contributed by atoms with Crippen molar-refractivity contribution in [2.24, 2.45) is 10.2 Å². The van der Waals surface area contributed by atoms with E-state index in [2.05, 4.69) is 15.5 Å². The van der Waals surface area contributed by atoms with Gasteiger partial charge in [-0.3, -0.25) is 9.36 Å². The Balaban J connectivity index is 2.02. The summed E-state index contributed by atoms with van der Waals surface area (Å²) in [5.74, 6) is -0.354. The van der Waals surface area contributed by atoms with E-state index in [1.54, 1.807) is 31.2 Å². The number of benzene rings is 2. The Morgan fingerprint density at radius 1 is 1.11 bits per heavy atom. The van der Waals surface area contributed by atoms with Gasteiger partial charge in [0, 0.05) is 19.3 Å². The molecule has 3 unspecified atom stereocenters. The summed E-state index contributed by atoms with van der Waals surface area (Å²) in [4.78, 5) is 21.9. The zero-order valence-corrected chi connectivity index (χ0v) is 16.9. The molecule has 9 heteroatoms. The number of hydrogen-bond donors (Lipinski definition) is 2. The molecule has 0 aromatic heterocycles. The lowest BCUT2D eigenvalue weighted by molar-refractivity contribution is 0.0702. The zero-order valence-electron chi connectivity index (χ0n) is 16.0. The number of carbonyl (C=O) groups is 1. The number of carbonyl (C=O) groups excluding carboxylic acids is 1. The largest absolute Gasteiger partial charge is 0.382 e. The second kappa shape index (κ2) is 10.2. The predicted molar refractivity (Wildman–Crippen MR) is 106 cm³/mol. The number of hydrogen-bond acceptors (Lipinski definition) is 6. The molecule has 0 saturated carbocycles. The molecule has 28 heavy (non-hydrogen) atoms. The standard InChI is InChI=1S/C19H24N3O5P/c1-14(27-28(3,24)25)18(13-26-2)20-19(23)15-9-11-17(12-10-15)22-21-16-7-5-4-6-8-16/h4-12,14,18H,13H2,1-3H3,(H,20,23)(H,24,25). The lowest BCUT2D eigenvalue weighted by atomic mass is 10.1. The summed E-state index contributed by atoms with van der Waals surface area (Å²) >= 11 is 0. The van der Waals surface area contributed by atoms with Crippen LogP contribution in [0.1, 0.15) is 17.3 Å². The molecule has 2 aromatic rings. The highest BCUT2D eigenvalue weighted by Gasteiger charge is 2.25. The van der Waals surface area contributed by atoms with Gasteiger partial charge in [-0.2, -0.15) is 10.2 Å². The van der Waals surface area contributed by atoms with Crippen molar-refractivity contribution in [2.45, 2.75) is 19.1 Å². The zero-order chi connectivity index (χ0) is 20.6. The monoisotopic (exact) mass is 405 g/mol. The molecule has 2 aromatic carbocycles. The topological polar surface area (TPSA) is 110 Å². The molecule has 2 rings (SSSR count). The first-order valence-electron chi connectivity index (χ1n) is 8.64. The highest BCUT2D eigenvalue weighted by molar-refractivity contribution is 7.51. The fraction of sp³-hybridized carbons (Fsp3) is 0.316. The van der Waals surface area contributed by atoms with Gasteiger partial charge >= 0.3 is 7.60 Å². The minimum absolute atomic E-state index is 0.135. The molecule has 0 radical (unpaired) electrons. The summed E-state index contributed by atoms with van der Waals surface area (Å²) in [5.41, 5.74) is 1.76. The Kier molecular flexibility index (Phi) is 8.02. The number of amides is 1. The van der Waals surface area contributed by atoms with Crippen molar-refractivity contribution in [3.8, 4) is 0 Å². The van der Waals surface area contributed by atoms with Crippen molar-refractivity contribution in [3.05, 3.63) is 60.2 Å². The van der Waals surface area contributed by atoms with Crippen LogP contribution >= 0.6 is 7.60 Å². The summed E-state index contributed by atoms with van der Waals surface area (Å²) < 4.78 is 21.6. The number of rotatable bonds is 9. The number of methoxy groups -OCH3 is 1. The van der Waals surface area contributed by atoms with E-state index < -0.39 is 19.7 Å². The van der Waals surface area contributed by atoms with Crippen LogP contribution < -0.4 is 5.32 Å². The van der Waals surface area contributed by atoms with Crippen LogP contribution in [-0.4, -0.2) is 43.3 Å².